The van der Waals surface area contributed by atoms with E-state index in [0.717, 1.165) is 35.1 Å². The van der Waals surface area contributed by atoms with Crippen molar-refractivity contribution in [3.63, 3.8) is 0 Å². The molecule has 2 aromatic carbocycles. The molecule has 28 heavy (non-hydrogen) atoms. The van der Waals surface area contributed by atoms with Gasteiger partial charge in [-0.3, -0.25) is 4.68 Å². The van der Waals surface area contributed by atoms with Crippen LogP contribution in [0.4, 0.5) is 32.0 Å². The number of halogens is 6. The summed E-state index contributed by atoms with van der Waals surface area (Å²) in [7, 11) is 1.28. The van der Waals surface area contributed by atoms with Gasteiger partial charge in [0.1, 0.15) is 11.7 Å². The second-order valence-corrected chi connectivity index (χ2v) is 5.85. The summed E-state index contributed by atoms with van der Waals surface area (Å²) in [6.45, 7) is 0. The van der Waals surface area contributed by atoms with Gasteiger partial charge in [0, 0.05) is 24.9 Å². The monoisotopic (exact) mass is 398 g/mol. The van der Waals surface area contributed by atoms with Crippen molar-refractivity contribution in [2.75, 3.05) is 0 Å². The molecule has 0 saturated carbocycles. The second kappa shape index (κ2) is 7.02. The first kappa shape index (κ1) is 19.5. The molecule has 0 saturated heterocycles. The maximum Gasteiger partial charge on any atom is 0.435 e. The Morgan fingerprint density at radius 2 is 1.75 bits per heavy atom. The number of aryl methyl sites for hydroxylation is 1. The highest BCUT2D eigenvalue weighted by molar-refractivity contribution is 6.01. The SMILES string of the molecule is Cn1cc(C(N)=Nc2cc(F)ccc2-c2ccc(F)c(F)c2)c(C(F)(F)F)n1. The van der Waals surface area contributed by atoms with Crippen molar-refractivity contribution in [2.45, 2.75) is 6.18 Å². The van der Waals surface area contributed by atoms with Crippen LogP contribution in [0, 0.1) is 17.5 Å². The van der Waals surface area contributed by atoms with Crippen LogP contribution in [0.5, 0.6) is 0 Å². The quantitative estimate of drug-likeness (QED) is 0.400. The van der Waals surface area contributed by atoms with E-state index < -0.39 is 40.7 Å². The van der Waals surface area contributed by atoms with Crippen molar-refractivity contribution in [2.24, 2.45) is 17.8 Å². The minimum Gasteiger partial charge on any atom is -0.383 e. The predicted octanol–water partition coefficient (Wildman–Crippen LogP) is 4.56. The molecule has 3 aromatic rings. The van der Waals surface area contributed by atoms with E-state index in [4.69, 9.17) is 5.73 Å². The fourth-order valence-corrected chi connectivity index (χ4v) is 2.58. The number of rotatable bonds is 3. The van der Waals surface area contributed by atoms with Gasteiger partial charge in [0.25, 0.3) is 0 Å². The van der Waals surface area contributed by atoms with Crippen LogP contribution >= 0.6 is 0 Å². The molecule has 0 spiro atoms. The van der Waals surface area contributed by atoms with Gasteiger partial charge in [0.05, 0.1) is 11.3 Å². The van der Waals surface area contributed by atoms with E-state index in [1.165, 1.54) is 19.2 Å². The van der Waals surface area contributed by atoms with Crippen LogP contribution in [0.25, 0.3) is 11.1 Å². The fourth-order valence-electron chi connectivity index (χ4n) is 2.58. The third kappa shape index (κ3) is 3.85. The Balaban J connectivity index is 2.14. The average molecular weight is 398 g/mol. The molecule has 146 valence electrons. The lowest BCUT2D eigenvalue weighted by molar-refractivity contribution is -0.141. The number of aromatic nitrogens is 2. The van der Waals surface area contributed by atoms with Crippen LogP contribution in [-0.2, 0) is 13.2 Å². The maximum absolute atomic E-state index is 13.7. The summed E-state index contributed by atoms with van der Waals surface area (Å²) >= 11 is 0. The number of amidine groups is 1. The molecule has 0 bridgehead atoms. The minimum atomic E-state index is -4.78. The Labute approximate surface area is 154 Å². The number of hydrogen-bond donors (Lipinski definition) is 1. The van der Waals surface area contributed by atoms with E-state index in [9.17, 15) is 26.3 Å². The van der Waals surface area contributed by atoms with Crippen molar-refractivity contribution in [3.05, 3.63) is 71.3 Å². The molecular formula is C18H12F6N4. The van der Waals surface area contributed by atoms with E-state index in [2.05, 4.69) is 10.1 Å². The Morgan fingerprint density at radius 1 is 1.04 bits per heavy atom. The first-order chi connectivity index (χ1) is 13.1. The largest absolute Gasteiger partial charge is 0.435 e. The lowest BCUT2D eigenvalue weighted by Gasteiger charge is -2.09. The molecule has 4 nitrogen and oxygen atoms in total. The molecule has 1 heterocycles. The molecule has 2 N–H and O–H groups in total. The maximum atomic E-state index is 13.7. The highest BCUT2D eigenvalue weighted by Crippen LogP contribution is 2.34. The van der Waals surface area contributed by atoms with E-state index in [1.807, 2.05) is 0 Å². The number of hydrogen-bond acceptors (Lipinski definition) is 2. The highest BCUT2D eigenvalue weighted by Gasteiger charge is 2.38. The molecule has 10 heteroatoms. The molecule has 0 amide bonds. The Hall–Kier alpha value is -3.30. The van der Waals surface area contributed by atoms with Crippen molar-refractivity contribution in [1.29, 1.82) is 0 Å². The molecular weight excluding hydrogens is 386 g/mol. The normalized spacial score (nSPS) is 12.5. The van der Waals surface area contributed by atoms with Gasteiger partial charge in [-0.15, -0.1) is 0 Å². The van der Waals surface area contributed by atoms with E-state index in [1.54, 1.807) is 0 Å². The average Bonchev–Trinajstić information content (AvgIpc) is 3.00. The second-order valence-electron chi connectivity index (χ2n) is 5.85. The van der Waals surface area contributed by atoms with Crippen LogP contribution in [0.1, 0.15) is 11.3 Å². The van der Waals surface area contributed by atoms with Crippen molar-refractivity contribution in [1.82, 2.24) is 9.78 Å². The third-order valence-electron chi connectivity index (χ3n) is 3.80. The summed E-state index contributed by atoms with van der Waals surface area (Å²) < 4.78 is 80.7. The zero-order valence-corrected chi connectivity index (χ0v) is 14.2. The number of alkyl halides is 3. The van der Waals surface area contributed by atoms with Gasteiger partial charge in [-0.1, -0.05) is 6.07 Å². The smallest absolute Gasteiger partial charge is 0.383 e. The van der Waals surface area contributed by atoms with E-state index >= 15 is 0 Å². The topological polar surface area (TPSA) is 56.2 Å². The summed E-state index contributed by atoms with van der Waals surface area (Å²) in [5, 5.41) is 3.33. The summed E-state index contributed by atoms with van der Waals surface area (Å²) in [6.07, 6.45) is -3.75. The lowest BCUT2D eigenvalue weighted by atomic mass is 10.0. The van der Waals surface area contributed by atoms with Crippen molar-refractivity contribution >= 4 is 11.5 Å². The molecule has 0 unspecified atom stereocenters. The summed E-state index contributed by atoms with van der Waals surface area (Å²) in [4.78, 5) is 3.89. The Morgan fingerprint density at radius 3 is 2.39 bits per heavy atom. The fraction of sp³-hybridized carbons (Fsp3) is 0.111. The van der Waals surface area contributed by atoms with Crippen LogP contribution in [0.3, 0.4) is 0 Å². The van der Waals surface area contributed by atoms with Crippen LogP contribution in [0.2, 0.25) is 0 Å². The predicted molar refractivity (Wildman–Crippen MR) is 90.3 cm³/mol. The van der Waals surface area contributed by atoms with Gasteiger partial charge in [0.2, 0.25) is 0 Å². The lowest BCUT2D eigenvalue weighted by Crippen LogP contribution is -2.18. The first-order valence-corrected chi connectivity index (χ1v) is 7.76. The number of nitrogens with two attached hydrogens (primary N) is 1. The van der Waals surface area contributed by atoms with Gasteiger partial charge in [-0.2, -0.15) is 18.3 Å². The number of aliphatic imine (C=N–C) groups is 1. The van der Waals surface area contributed by atoms with Gasteiger partial charge in [0.15, 0.2) is 17.3 Å². The zero-order valence-electron chi connectivity index (χ0n) is 14.2. The number of nitrogens with zero attached hydrogens (tertiary/aromatic N) is 3. The zero-order chi connectivity index (χ0) is 20.6. The van der Waals surface area contributed by atoms with Crippen LogP contribution < -0.4 is 5.73 Å². The molecule has 0 radical (unpaired) electrons. The first-order valence-electron chi connectivity index (χ1n) is 7.76. The standard InChI is InChI=1S/C18H12F6N4/c1-28-8-12(16(27-28)18(22,23)24)17(25)26-15-7-10(19)3-4-11(15)9-2-5-13(20)14(21)6-9/h2-8H,1H3,(H2,25,26). The molecule has 3 rings (SSSR count). The summed E-state index contributed by atoms with van der Waals surface area (Å²) in [5.74, 6) is -3.52. The molecule has 1 aromatic heterocycles. The molecule has 0 aliphatic rings. The van der Waals surface area contributed by atoms with Gasteiger partial charge < -0.3 is 5.73 Å². The van der Waals surface area contributed by atoms with E-state index in [-0.39, 0.29) is 16.8 Å². The Kier molecular flexibility index (Phi) is 4.88. The molecule has 0 atom stereocenters. The van der Waals surface area contributed by atoms with Crippen molar-refractivity contribution < 1.29 is 26.3 Å². The summed E-state index contributed by atoms with van der Waals surface area (Å²) in [5.41, 5.74) is 4.14. The van der Waals surface area contributed by atoms with Crippen LogP contribution in [-0.4, -0.2) is 15.6 Å². The highest BCUT2D eigenvalue weighted by atomic mass is 19.4. The molecule has 0 aliphatic heterocycles. The molecule has 0 aliphatic carbocycles. The van der Waals surface area contributed by atoms with Crippen LogP contribution in [0.15, 0.2) is 47.6 Å². The number of benzene rings is 2. The third-order valence-corrected chi connectivity index (χ3v) is 3.80. The van der Waals surface area contributed by atoms with Gasteiger partial charge in [-0.05, 0) is 29.8 Å². The van der Waals surface area contributed by atoms with Gasteiger partial charge >= 0.3 is 6.18 Å². The Bertz CT molecular complexity index is 1070. The van der Waals surface area contributed by atoms with Gasteiger partial charge in [-0.25, -0.2) is 18.2 Å². The van der Waals surface area contributed by atoms with Crippen molar-refractivity contribution in [3.8, 4) is 11.1 Å². The molecule has 0 fully saturated rings. The van der Waals surface area contributed by atoms with E-state index in [0.29, 0.717) is 0 Å². The minimum absolute atomic E-state index is 0.146. The summed E-state index contributed by atoms with van der Waals surface area (Å²) in [6, 6.07) is 6.18.